The van der Waals surface area contributed by atoms with Gasteiger partial charge in [0.15, 0.2) is 0 Å². The molecule has 0 saturated carbocycles. The van der Waals surface area contributed by atoms with Crippen molar-refractivity contribution in [3.63, 3.8) is 0 Å². The molecule has 0 aliphatic rings. The smallest absolute Gasteiger partial charge is 0.287 e. The van der Waals surface area contributed by atoms with Crippen molar-refractivity contribution in [3.05, 3.63) is 35.4 Å². The first kappa shape index (κ1) is 12.2. The summed E-state index contributed by atoms with van der Waals surface area (Å²) >= 11 is 1.64. The lowest BCUT2D eigenvalue weighted by molar-refractivity contribution is 0.0221. The van der Waals surface area contributed by atoms with Gasteiger partial charge < -0.3 is 0 Å². The van der Waals surface area contributed by atoms with E-state index >= 15 is 0 Å². The zero-order valence-corrected chi connectivity index (χ0v) is 9.41. The predicted molar refractivity (Wildman–Crippen MR) is 58.6 cm³/mol. The number of hydrogen-bond donors (Lipinski definition) is 0. The Balaban J connectivity index is 2.85. The maximum atomic E-state index is 12.7. The van der Waals surface area contributed by atoms with Crippen molar-refractivity contribution in [2.24, 2.45) is 0 Å². The topological polar surface area (TPSA) is 17.1 Å². The Bertz CT molecular complexity index is 341. The van der Waals surface area contributed by atoms with Gasteiger partial charge in [0, 0.05) is 18.2 Å². The fourth-order valence-electron chi connectivity index (χ4n) is 1.17. The quantitative estimate of drug-likeness (QED) is 0.737. The number of thioether (sulfide) groups is 1. The van der Waals surface area contributed by atoms with Crippen LogP contribution in [0.1, 0.15) is 22.8 Å². The van der Waals surface area contributed by atoms with Crippen LogP contribution in [0.15, 0.2) is 24.3 Å². The third kappa shape index (κ3) is 3.30. The standard InChI is InChI=1S/C11H12F2OS/c1-11(12,13)10(14)9-5-3-8(4-6-9)7-15-2/h3-6H,7H2,1-2H3. The molecule has 0 N–H and O–H groups in total. The first-order chi connectivity index (χ1) is 6.95. The Kier molecular flexibility index (Phi) is 3.85. The molecule has 0 spiro atoms. The van der Waals surface area contributed by atoms with E-state index in [1.165, 1.54) is 12.1 Å². The van der Waals surface area contributed by atoms with Crippen molar-refractivity contribution in [2.75, 3.05) is 6.26 Å². The molecule has 0 radical (unpaired) electrons. The van der Waals surface area contributed by atoms with E-state index < -0.39 is 11.7 Å². The maximum Gasteiger partial charge on any atom is 0.307 e. The first-order valence-corrected chi connectivity index (χ1v) is 5.85. The van der Waals surface area contributed by atoms with Crippen LogP contribution in [-0.4, -0.2) is 18.0 Å². The molecule has 15 heavy (non-hydrogen) atoms. The van der Waals surface area contributed by atoms with Crippen LogP contribution < -0.4 is 0 Å². The molecule has 0 aliphatic heterocycles. The van der Waals surface area contributed by atoms with Crippen molar-refractivity contribution >= 4 is 17.5 Å². The Morgan fingerprint density at radius 1 is 1.33 bits per heavy atom. The molecular formula is C11H12F2OS. The van der Waals surface area contributed by atoms with Gasteiger partial charge in [-0.15, -0.1) is 0 Å². The average molecular weight is 230 g/mol. The summed E-state index contributed by atoms with van der Waals surface area (Å²) in [7, 11) is 0. The number of rotatable bonds is 4. The Labute approximate surface area is 91.9 Å². The molecule has 0 saturated heterocycles. The number of halogens is 2. The summed E-state index contributed by atoms with van der Waals surface area (Å²) in [6, 6.07) is 6.31. The zero-order valence-electron chi connectivity index (χ0n) is 8.59. The molecule has 82 valence electrons. The molecule has 1 aromatic rings. The lowest BCUT2D eigenvalue weighted by Gasteiger charge is -2.08. The van der Waals surface area contributed by atoms with Crippen LogP contribution in [0.25, 0.3) is 0 Å². The van der Waals surface area contributed by atoms with E-state index in [2.05, 4.69) is 0 Å². The fraction of sp³-hybridized carbons (Fsp3) is 0.364. The van der Waals surface area contributed by atoms with E-state index in [0.29, 0.717) is 6.92 Å². The van der Waals surface area contributed by atoms with Gasteiger partial charge in [-0.1, -0.05) is 24.3 Å². The average Bonchev–Trinajstić information content (AvgIpc) is 2.17. The molecule has 0 aliphatic carbocycles. The Hall–Kier alpha value is -0.900. The van der Waals surface area contributed by atoms with Crippen LogP contribution in [-0.2, 0) is 5.75 Å². The molecule has 1 aromatic carbocycles. The SMILES string of the molecule is CSCc1ccc(C(=O)C(C)(F)F)cc1. The van der Waals surface area contributed by atoms with Gasteiger partial charge in [0.1, 0.15) is 0 Å². The van der Waals surface area contributed by atoms with Crippen molar-refractivity contribution in [3.8, 4) is 0 Å². The second kappa shape index (κ2) is 4.75. The number of alkyl halides is 2. The normalized spacial score (nSPS) is 11.5. The summed E-state index contributed by atoms with van der Waals surface area (Å²) in [5, 5.41) is 0. The van der Waals surface area contributed by atoms with Gasteiger partial charge >= 0.3 is 5.92 Å². The van der Waals surface area contributed by atoms with E-state index in [4.69, 9.17) is 0 Å². The molecule has 0 unspecified atom stereocenters. The second-order valence-electron chi connectivity index (χ2n) is 3.35. The number of benzene rings is 1. The highest BCUT2D eigenvalue weighted by molar-refractivity contribution is 7.97. The molecule has 0 heterocycles. The van der Waals surface area contributed by atoms with Crippen molar-refractivity contribution in [2.45, 2.75) is 18.6 Å². The van der Waals surface area contributed by atoms with Gasteiger partial charge in [0.25, 0.3) is 0 Å². The highest BCUT2D eigenvalue weighted by Crippen LogP contribution is 2.20. The molecule has 4 heteroatoms. The van der Waals surface area contributed by atoms with E-state index in [0.717, 1.165) is 11.3 Å². The van der Waals surface area contributed by atoms with Crippen molar-refractivity contribution < 1.29 is 13.6 Å². The fourth-order valence-corrected chi connectivity index (χ4v) is 1.70. The predicted octanol–water partition coefficient (Wildman–Crippen LogP) is 3.39. The molecule has 1 nitrogen and oxygen atoms in total. The van der Waals surface area contributed by atoms with Gasteiger partial charge in [-0.05, 0) is 11.8 Å². The van der Waals surface area contributed by atoms with Crippen molar-refractivity contribution in [1.82, 2.24) is 0 Å². The van der Waals surface area contributed by atoms with Crippen molar-refractivity contribution in [1.29, 1.82) is 0 Å². The summed E-state index contributed by atoms with van der Waals surface area (Å²) in [6.45, 7) is 0.616. The van der Waals surface area contributed by atoms with Gasteiger partial charge in [-0.2, -0.15) is 20.5 Å². The summed E-state index contributed by atoms with van der Waals surface area (Å²) in [5.41, 5.74) is 1.09. The van der Waals surface area contributed by atoms with Gasteiger partial charge in [-0.3, -0.25) is 4.79 Å². The lowest BCUT2D eigenvalue weighted by Crippen LogP contribution is -2.24. The van der Waals surface area contributed by atoms with Crippen LogP contribution in [0, 0.1) is 0 Å². The minimum Gasteiger partial charge on any atom is -0.287 e. The molecule has 0 fully saturated rings. The van der Waals surface area contributed by atoms with E-state index in [9.17, 15) is 13.6 Å². The lowest BCUT2D eigenvalue weighted by atomic mass is 10.1. The molecule has 1 rings (SSSR count). The van der Waals surface area contributed by atoms with Gasteiger partial charge in [-0.25, -0.2) is 0 Å². The van der Waals surface area contributed by atoms with Gasteiger partial charge in [0.2, 0.25) is 5.78 Å². The maximum absolute atomic E-state index is 12.7. The van der Waals surface area contributed by atoms with Crippen LogP contribution in [0.4, 0.5) is 8.78 Å². The minimum atomic E-state index is -3.29. The van der Waals surface area contributed by atoms with E-state index in [1.807, 2.05) is 6.26 Å². The van der Waals surface area contributed by atoms with Crippen LogP contribution >= 0.6 is 11.8 Å². The number of ketones is 1. The van der Waals surface area contributed by atoms with Crippen LogP contribution in [0.2, 0.25) is 0 Å². The molecule has 0 aromatic heterocycles. The molecule has 0 bridgehead atoms. The third-order valence-corrected chi connectivity index (χ3v) is 2.55. The monoisotopic (exact) mass is 230 g/mol. The number of hydrogen-bond acceptors (Lipinski definition) is 2. The third-order valence-electron chi connectivity index (χ3n) is 1.93. The Morgan fingerprint density at radius 3 is 2.27 bits per heavy atom. The highest BCUT2D eigenvalue weighted by atomic mass is 32.2. The largest absolute Gasteiger partial charge is 0.307 e. The molecular weight excluding hydrogens is 218 g/mol. The van der Waals surface area contributed by atoms with Crippen LogP contribution in [0.3, 0.4) is 0 Å². The zero-order chi connectivity index (χ0) is 11.5. The van der Waals surface area contributed by atoms with E-state index in [-0.39, 0.29) is 5.56 Å². The first-order valence-electron chi connectivity index (χ1n) is 4.45. The summed E-state index contributed by atoms with van der Waals surface area (Å²) in [4.78, 5) is 11.2. The van der Waals surface area contributed by atoms with Crippen LogP contribution in [0.5, 0.6) is 0 Å². The number of carbonyl (C=O) groups excluding carboxylic acids is 1. The van der Waals surface area contributed by atoms with Gasteiger partial charge in [0.05, 0.1) is 0 Å². The summed E-state index contributed by atoms with van der Waals surface area (Å²) in [5.74, 6) is -3.60. The van der Waals surface area contributed by atoms with E-state index in [1.54, 1.807) is 23.9 Å². The number of carbonyl (C=O) groups is 1. The summed E-state index contributed by atoms with van der Waals surface area (Å²) in [6.07, 6.45) is 1.96. The summed E-state index contributed by atoms with van der Waals surface area (Å²) < 4.78 is 25.4. The molecule has 0 atom stereocenters. The number of Topliss-reactive ketones (excluding diaryl/α,β-unsaturated/α-hetero) is 1. The molecule has 0 amide bonds. The highest BCUT2D eigenvalue weighted by Gasteiger charge is 2.32. The Morgan fingerprint density at radius 2 is 1.87 bits per heavy atom. The minimum absolute atomic E-state index is 0.0624. The second-order valence-corrected chi connectivity index (χ2v) is 4.21.